The molecule has 0 spiro atoms. The molecule has 0 aliphatic carbocycles. The predicted octanol–water partition coefficient (Wildman–Crippen LogP) is 1.72. The summed E-state index contributed by atoms with van der Waals surface area (Å²) in [5.74, 6) is -0.0979. The van der Waals surface area contributed by atoms with Crippen molar-refractivity contribution in [2.75, 3.05) is 13.7 Å². The summed E-state index contributed by atoms with van der Waals surface area (Å²) in [5, 5.41) is 11.8. The van der Waals surface area contributed by atoms with Crippen LogP contribution in [0.15, 0.2) is 24.3 Å². The van der Waals surface area contributed by atoms with Crippen LogP contribution < -0.4 is 5.32 Å². The van der Waals surface area contributed by atoms with Crippen molar-refractivity contribution in [1.82, 2.24) is 5.32 Å². The van der Waals surface area contributed by atoms with E-state index in [1.165, 1.54) is 0 Å². The lowest BCUT2D eigenvalue weighted by molar-refractivity contribution is 0.0929. The van der Waals surface area contributed by atoms with Crippen LogP contribution in [0.3, 0.4) is 0 Å². The molecule has 0 fully saturated rings. The van der Waals surface area contributed by atoms with Crippen LogP contribution in [0, 0.1) is 0 Å². The number of methoxy groups -OCH3 is 1. The highest BCUT2D eigenvalue weighted by Crippen LogP contribution is 2.07. The van der Waals surface area contributed by atoms with Gasteiger partial charge in [0.2, 0.25) is 0 Å². The quantitative estimate of drug-likeness (QED) is 0.776. The Labute approximate surface area is 108 Å². The number of amides is 1. The predicted molar refractivity (Wildman–Crippen MR) is 70.4 cm³/mol. The molecule has 0 saturated heterocycles. The van der Waals surface area contributed by atoms with E-state index in [4.69, 9.17) is 9.84 Å². The van der Waals surface area contributed by atoms with E-state index in [1.54, 1.807) is 19.2 Å². The highest BCUT2D eigenvalue weighted by Gasteiger charge is 2.11. The number of carbonyl (C=O) groups excluding carboxylic acids is 1. The number of aliphatic hydroxyl groups excluding tert-OH is 1. The fourth-order valence-corrected chi connectivity index (χ4v) is 1.72. The highest BCUT2D eigenvalue weighted by molar-refractivity contribution is 5.94. The van der Waals surface area contributed by atoms with Gasteiger partial charge in [0.1, 0.15) is 0 Å². The van der Waals surface area contributed by atoms with Gasteiger partial charge in [0.05, 0.1) is 6.61 Å². The van der Waals surface area contributed by atoms with Gasteiger partial charge in [0.15, 0.2) is 0 Å². The molecule has 2 N–H and O–H groups in total. The van der Waals surface area contributed by atoms with Crippen LogP contribution in [-0.2, 0) is 11.3 Å². The van der Waals surface area contributed by atoms with Gasteiger partial charge in [0, 0.05) is 25.3 Å². The smallest absolute Gasteiger partial charge is 0.251 e. The molecular formula is C14H21NO3. The molecule has 0 heterocycles. The first-order valence-corrected chi connectivity index (χ1v) is 6.20. The number of nitrogens with one attached hydrogen (secondary N) is 1. The van der Waals surface area contributed by atoms with Gasteiger partial charge >= 0.3 is 0 Å². The average Bonchev–Trinajstić information content (AvgIpc) is 2.39. The minimum Gasteiger partial charge on any atom is -0.396 e. The third-order valence-corrected chi connectivity index (χ3v) is 2.83. The zero-order valence-corrected chi connectivity index (χ0v) is 11.0. The Kier molecular flexibility index (Phi) is 6.39. The minimum absolute atomic E-state index is 0.0288. The molecule has 1 rings (SSSR count). The van der Waals surface area contributed by atoms with E-state index in [1.807, 2.05) is 19.1 Å². The second kappa shape index (κ2) is 7.84. The van der Waals surface area contributed by atoms with Gasteiger partial charge in [-0.1, -0.05) is 19.1 Å². The van der Waals surface area contributed by atoms with E-state index in [2.05, 4.69) is 5.32 Å². The van der Waals surface area contributed by atoms with Crippen molar-refractivity contribution in [2.24, 2.45) is 0 Å². The molecular weight excluding hydrogens is 230 g/mol. The van der Waals surface area contributed by atoms with Gasteiger partial charge in [-0.15, -0.1) is 0 Å². The Morgan fingerprint density at radius 2 is 2.06 bits per heavy atom. The van der Waals surface area contributed by atoms with E-state index in [0.717, 1.165) is 12.0 Å². The number of ether oxygens (including phenoxy) is 1. The summed E-state index contributed by atoms with van der Waals surface area (Å²) in [7, 11) is 1.64. The lowest BCUT2D eigenvalue weighted by Crippen LogP contribution is -2.35. The summed E-state index contributed by atoms with van der Waals surface area (Å²) < 4.78 is 5.01. The summed E-state index contributed by atoms with van der Waals surface area (Å²) in [6, 6.07) is 7.36. The van der Waals surface area contributed by atoms with Crippen molar-refractivity contribution < 1.29 is 14.6 Å². The first kappa shape index (κ1) is 14.7. The summed E-state index contributed by atoms with van der Waals surface area (Å²) in [5.41, 5.74) is 1.67. The van der Waals surface area contributed by atoms with E-state index >= 15 is 0 Å². The van der Waals surface area contributed by atoms with Gasteiger partial charge in [-0.2, -0.15) is 0 Å². The van der Waals surface area contributed by atoms with Crippen LogP contribution in [0.5, 0.6) is 0 Å². The van der Waals surface area contributed by atoms with Crippen LogP contribution in [0.1, 0.15) is 35.7 Å². The van der Waals surface area contributed by atoms with Crippen LogP contribution in [0.4, 0.5) is 0 Å². The zero-order valence-electron chi connectivity index (χ0n) is 11.0. The molecule has 0 aliphatic heterocycles. The molecule has 0 saturated carbocycles. The third kappa shape index (κ3) is 4.47. The highest BCUT2D eigenvalue weighted by atomic mass is 16.5. The first-order chi connectivity index (χ1) is 8.71. The van der Waals surface area contributed by atoms with Gasteiger partial charge in [0.25, 0.3) is 5.91 Å². The second-order valence-electron chi connectivity index (χ2n) is 4.22. The molecule has 1 atom stereocenters. The fraction of sp³-hybridized carbons (Fsp3) is 0.500. The standard InChI is InChI=1S/C14H21NO3/c1-3-13(8-9-16)15-14(17)12-6-4-11(5-7-12)10-18-2/h4-7,13,16H,3,8-10H2,1-2H3,(H,15,17). The molecule has 0 bridgehead atoms. The normalized spacial score (nSPS) is 12.2. The Balaban J connectivity index is 2.60. The van der Waals surface area contributed by atoms with Crippen molar-refractivity contribution in [3.05, 3.63) is 35.4 Å². The van der Waals surface area contributed by atoms with Gasteiger partial charge in [-0.3, -0.25) is 4.79 Å². The molecule has 4 nitrogen and oxygen atoms in total. The van der Waals surface area contributed by atoms with Crippen molar-refractivity contribution in [3.8, 4) is 0 Å². The van der Waals surface area contributed by atoms with Crippen molar-refractivity contribution in [1.29, 1.82) is 0 Å². The topological polar surface area (TPSA) is 58.6 Å². The number of hydrogen-bond acceptors (Lipinski definition) is 3. The second-order valence-corrected chi connectivity index (χ2v) is 4.22. The maximum atomic E-state index is 11.9. The number of hydrogen-bond donors (Lipinski definition) is 2. The first-order valence-electron chi connectivity index (χ1n) is 6.20. The number of rotatable bonds is 7. The van der Waals surface area contributed by atoms with Gasteiger partial charge < -0.3 is 15.2 Å². The fourth-order valence-electron chi connectivity index (χ4n) is 1.72. The lowest BCUT2D eigenvalue weighted by atomic mass is 10.1. The molecule has 0 radical (unpaired) electrons. The Morgan fingerprint density at radius 3 is 2.56 bits per heavy atom. The molecule has 0 aromatic heterocycles. The van der Waals surface area contributed by atoms with E-state index < -0.39 is 0 Å². The van der Waals surface area contributed by atoms with E-state index in [9.17, 15) is 4.79 Å². The van der Waals surface area contributed by atoms with Crippen LogP contribution in [0.25, 0.3) is 0 Å². The van der Waals surface area contributed by atoms with Crippen LogP contribution in [0.2, 0.25) is 0 Å². The third-order valence-electron chi connectivity index (χ3n) is 2.83. The van der Waals surface area contributed by atoms with Crippen molar-refractivity contribution in [2.45, 2.75) is 32.4 Å². The minimum atomic E-state index is -0.0979. The van der Waals surface area contributed by atoms with Crippen molar-refractivity contribution in [3.63, 3.8) is 0 Å². The summed E-state index contributed by atoms with van der Waals surface area (Å²) >= 11 is 0. The van der Waals surface area contributed by atoms with Gasteiger partial charge in [-0.05, 0) is 30.5 Å². The lowest BCUT2D eigenvalue weighted by Gasteiger charge is -2.15. The SMILES string of the molecule is CCC(CCO)NC(=O)c1ccc(COC)cc1. The Morgan fingerprint density at radius 1 is 1.39 bits per heavy atom. The maximum absolute atomic E-state index is 11.9. The molecule has 1 amide bonds. The summed E-state index contributed by atoms with van der Waals surface area (Å²) in [6.45, 7) is 2.62. The molecule has 18 heavy (non-hydrogen) atoms. The number of carbonyl (C=O) groups is 1. The largest absolute Gasteiger partial charge is 0.396 e. The number of benzene rings is 1. The maximum Gasteiger partial charge on any atom is 0.251 e. The van der Waals surface area contributed by atoms with Gasteiger partial charge in [-0.25, -0.2) is 0 Å². The Bertz CT molecular complexity index is 362. The average molecular weight is 251 g/mol. The van der Waals surface area contributed by atoms with E-state index in [0.29, 0.717) is 18.6 Å². The summed E-state index contributed by atoms with van der Waals surface area (Å²) in [4.78, 5) is 11.9. The van der Waals surface area contributed by atoms with Crippen molar-refractivity contribution >= 4 is 5.91 Å². The molecule has 4 heteroatoms. The summed E-state index contributed by atoms with van der Waals surface area (Å²) in [6.07, 6.45) is 1.40. The molecule has 1 aromatic carbocycles. The number of aliphatic hydroxyl groups is 1. The zero-order chi connectivity index (χ0) is 13.4. The van der Waals surface area contributed by atoms with Crippen LogP contribution >= 0.6 is 0 Å². The monoisotopic (exact) mass is 251 g/mol. The molecule has 0 aliphatic rings. The molecule has 100 valence electrons. The molecule has 1 unspecified atom stereocenters. The Hall–Kier alpha value is -1.39. The van der Waals surface area contributed by atoms with Crippen LogP contribution in [-0.4, -0.2) is 30.8 Å². The molecule has 1 aromatic rings. The van der Waals surface area contributed by atoms with E-state index in [-0.39, 0.29) is 18.6 Å².